The van der Waals surface area contributed by atoms with Crippen LogP contribution in [0.25, 0.3) is 10.9 Å². The number of piperazine rings is 1. The first-order valence-electron chi connectivity index (χ1n) is 11.9. The van der Waals surface area contributed by atoms with Crippen LogP contribution in [0, 0.1) is 11.6 Å². The standard InChI is InChI=1S/C26H26F2N4O3/c27-18-7-8-20-23(13-18)32(29-14-24(20)33)15-17-6-9-22(28)21(12-17)26(35)30-10-11-31(25(34)16-30)19-4-2-1-3-5-19/h6-9,12-14,19H,1-5,10-11,15-16H2. The number of nitrogens with zero attached hydrogens (tertiary/aromatic N) is 4. The molecule has 35 heavy (non-hydrogen) atoms. The van der Waals surface area contributed by atoms with Crippen LogP contribution in [0.4, 0.5) is 8.78 Å². The fourth-order valence-corrected chi connectivity index (χ4v) is 5.12. The number of carbonyl (C=O) groups is 2. The Labute approximate surface area is 200 Å². The number of rotatable bonds is 4. The Morgan fingerprint density at radius 3 is 2.57 bits per heavy atom. The third-order valence-corrected chi connectivity index (χ3v) is 6.97. The van der Waals surface area contributed by atoms with Crippen LogP contribution in [0.5, 0.6) is 0 Å². The van der Waals surface area contributed by atoms with Crippen LogP contribution in [-0.4, -0.2) is 57.1 Å². The summed E-state index contributed by atoms with van der Waals surface area (Å²) in [5.41, 5.74) is 0.406. The minimum absolute atomic E-state index is 0.0653. The topological polar surface area (TPSA) is 75.5 Å². The Morgan fingerprint density at radius 2 is 1.80 bits per heavy atom. The Morgan fingerprint density at radius 1 is 1.00 bits per heavy atom. The van der Waals surface area contributed by atoms with Gasteiger partial charge in [-0.15, -0.1) is 0 Å². The van der Waals surface area contributed by atoms with Crippen molar-refractivity contribution in [1.82, 2.24) is 19.6 Å². The smallest absolute Gasteiger partial charge is 0.257 e. The van der Waals surface area contributed by atoms with Crippen molar-refractivity contribution in [3.8, 4) is 0 Å². The van der Waals surface area contributed by atoms with Gasteiger partial charge in [-0.05, 0) is 48.7 Å². The fraction of sp³-hybridized carbons (Fsp3) is 0.385. The van der Waals surface area contributed by atoms with Gasteiger partial charge in [0.1, 0.15) is 18.2 Å². The SMILES string of the molecule is O=C(c1cc(Cn2ncc(=O)c3ccc(F)cc32)ccc1F)N1CCN(C2CCCCC2)C(=O)C1. The van der Waals surface area contributed by atoms with Gasteiger partial charge in [0.15, 0.2) is 0 Å². The molecule has 5 rings (SSSR count). The van der Waals surface area contributed by atoms with Gasteiger partial charge in [0.25, 0.3) is 5.91 Å². The maximum atomic E-state index is 14.7. The molecule has 1 saturated carbocycles. The summed E-state index contributed by atoms with van der Waals surface area (Å²) in [4.78, 5) is 41.3. The molecule has 1 aliphatic carbocycles. The number of amides is 2. The number of benzene rings is 2. The Hall–Kier alpha value is -3.62. The number of halogens is 2. The van der Waals surface area contributed by atoms with Crippen LogP contribution in [0.15, 0.2) is 47.4 Å². The molecular weight excluding hydrogens is 454 g/mol. The van der Waals surface area contributed by atoms with Gasteiger partial charge in [-0.25, -0.2) is 8.78 Å². The zero-order chi connectivity index (χ0) is 24.5. The Bertz CT molecular complexity index is 1350. The van der Waals surface area contributed by atoms with Crippen molar-refractivity contribution in [2.45, 2.75) is 44.7 Å². The maximum absolute atomic E-state index is 14.7. The van der Waals surface area contributed by atoms with E-state index in [1.54, 1.807) is 0 Å². The molecule has 0 N–H and O–H groups in total. The molecule has 9 heteroatoms. The van der Waals surface area contributed by atoms with Crippen molar-refractivity contribution >= 4 is 22.7 Å². The molecule has 0 spiro atoms. The molecule has 2 aromatic carbocycles. The first kappa shape index (κ1) is 23.1. The second kappa shape index (κ2) is 9.56. The number of aromatic nitrogens is 2. The fourth-order valence-electron chi connectivity index (χ4n) is 5.12. The molecule has 0 unspecified atom stereocenters. The van der Waals surface area contributed by atoms with Gasteiger partial charge >= 0.3 is 0 Å². The third kappa shape index (κ3) is 4.67. The molecule has 0 bridgehead atoms. The zero-order valence-corrected chi connectivity index (χ0v) is 19.3. The quantitative estimate of drug-likeness (QED) is 0.574. The van der Waals surface area contributed by atoms with Gasteiger partial charge < -0.3 is 9.80 Å². The van der Waals surface area contributed by atoms with Crippen molar-refractivity contribution < 1.29 is 18.4 Å². The van der Waals surface area contributed by atoms with Crippen LogP contribution in [0.2, 0.25) is 0 Å². The number of hydrogen-bond acceptors (Lipinski definition) is 4. The van der Waals surface area contributed by atoms with Gasteiger partial charge in [-0.3, -0.25) is 19.1 Å². The van der Waals surface area contributed by atoms with Crippen molar-refractivity contribution in [1.29, 1.82) is 0 Å². The molecule has 0 atom stereocenters. The predicted molar refractivity (Wildman–Crippen MR) is 126 cm³/mol. The molecule has 2 aliphatic rings. The van der Waals surface area contributed by atoms with Gasteiger partial charge in [-0.1, -0.05) is 25.3 Å². The highest BCUT2D eigenvalue weighted by atomic mass is 19.1. The molecular formula is C26H26F2N4O3. The van der Waals surface area contributed by atoms with E-state index >= 15 is 0 Å². The van der Waals surface area contributed by atoms with Gasteiger partial charge in [0.05, 0.1) is 23.8 Å². The Balaban J connectivity index is 1.36. The summed E-state index contributed by atoms with van der Waals surface area (Å²) in [6.45, 7) is 0.852. The van der Waals surface area contributed by atoms with Gasteiger partial charge in [-0.2, -0.15) is 5.10 Å². The zero-order valence-electron chi connectivity index (χ0n) is 19.3. The first-order chi connectivity index (χ1) is 16.9. The number of carbonyl (C=O) groups excluding carboxylic acids is 2. The summed E-state index contributed by atoms with van der Waals surface area (Å²) in [7, 11) is 0. The summed E-state index contributed by atoms with van der Waals surface area (Å²) in [5.74, 6) is -1.82. The van der Waals surface area contributed by atoms with E-state index in [1.807, 2.05) is 4.90 Å². The van der Waals surface area contributed by atoms with Crippen LogP contribution in [0.1, 0.15) is 48.0 Å². The lowest BCUT2D eigenvalue weighted by Gasteiger charge is -2.40. The molecule has 7 nitrogen and oxygen atoms in total. The molecule has 2 heterocycles. The highest BCUT2D eigenvalue weighted by Crippen LogP contribution is 2.25. The largest absolute Gasteiger partial charge is 0.336 e. The molecule has 182 valence electrons. The maximum Gasteiger partial charge on any atom is 0.257 e. The minimum atomic E-state index is -0.676. The first-order valence-corrected chi connectivity index (χ1v) is 11.9. The molecule has 1 aliphatic heterocycles. The summed E-state index contributed by atoms with van der Waals surface area (Å²) in [5, 5.41) is 4.40. The Kier molecular flexibility index (Phi) is 6.32. The third-order valence-electron chi connectivity index (χ3n) is 6.97. The lowest BCUT2D eigenvalue weighted by molar-refractivity contribution is -0.138. The van der Waals surface area contributed by atoms with Gasteiger partial charge in [0.2, 0.25) is 11.3 Å². The van der Waals surface area contributed by atoms with Crippen LogP contribution in [0.3, 0.4) is 0 Å². The minimum Gasteiger partial charge on any atom is -0.336 e. The second-order valence-electron chi connectivity index (χ2n) is 9.25. The van der Waals surface area contributed by atoms with Crippen LogP contribution in [-0.2, 0) is 11.3 Å². The second-order valence-corrected chi connectivity index (χ2v) is 9.25. The molecule has 2 amide bonds. The summed E-state index contributed by atoms with van der Waals surface area (Å²) < 4.78 is 29.9. The monoisotopic (exact) mass is 480 g/mol. The molecule has 0 radical (unpaired) electrons. The molecule has 3 aromatic rings. The van der Waals surface area contributed by atoms with E-state index in [1.165, 1.54) is 52.4 Å². The number of fused-ring (bicyclic) bond motifs is 1. The van der Waals surface area contributed by atoms with Crippen molar-refractivity contribution in [3.05, 3.63) is 75.6 Å². The van der Waals surface area contributed by atoms with Crippen molar-refractivity contribution in [2.75, 3.05) is 19.6 Å². The normalized spacial score (nSPS) is 17.3. The van der Waals surface area contributed by atoms with Crippen LogP contribution < -0.4 is 5.43 Å². The lowest BCUT2D eigenvalue weighted by Crippen LogP contribution is -2.55. The predicted octanol–water partition coefficient (Wildman–Crippen LogP) is 3.34. The van der Waals surface area contributed by atoms with E-state index < -0.39 is 17.5 Å². The molecule has 1 saturated heterocycles. The average Bonchev–Trinajstić information content (AvgIpc) is 2.87. The highest BCUT2D eigenvalue weighted by molar-refractivity contribution is 5.97. The van der Waals surface area contributed by atoms with Gasteiger partial charge in [0, 0.05) is 24.5 Å². The number of hydrogen-bond donors (Lipinski definition) is 0. The van der Waals surface area contributed by atoms with Crippen molar-refractivity contribution in [3.63, 3.8) is 0 Å². The average molecular weight is 481 g/mol. The van der Waals surface area contributed by atoms with Crippen LogP contribution >= 0.6 is 0 Å². The van der Waals surface area contributed by atoms with E-state index in [0.717, 1.165) is 31.9 Å². The van der Waals surface area contributed by atoms with E-state index in [2.05, 4.69) is 5.10 Å². The summed E-state index contributed by atoms with van der Waals surface area (Å²) >= 11 is 0. The van der Waals surface area contributed by atoms with E-state index in [9.17, 15) is 23.2 Å². The lowest BCUT2D eigenvalue weighted by atomic mass is 9.93. The van der Waals surface area contributed by atoms with E-state index in [4.69, 9.17) is 0 Å². The highest BCUT2D eigenvalue weighted by Gasteiger charge is 2.33. The van der Waals surface area contributed by atoms with E-state index in [0.29, 0.717) is 29.6 Å². The van der Waals surface area contributed by atoms with Crippen molar-refractivity contribution in [2.24, 2.45) is 0 Å². The molecule has 2 fully saturated rings. The molecule has 1 aromatic heterocycles. The summed E-state index contributed by atoms with van der Waals surface area (Å²) in [6, 6.07) is 8.21. The van der Waals surface area contributed by atoms with E-state index in [-0.39, 0.29) is 36.0 Å². The summed E-state index contributed by atoms with van der Waals surface area (Å²) in [6.07, 6.45) is 6.55.